The molecule has 1 aliphatic rings. The molecule has 1 fully saturated rings. The number of amides is 2. The van der Waals surface area contributed by atoms with E-state index >= 15 is 0 Å². The Morgan fingerprint density at radius 1 is 1.11 bits per heavy atom. The average molecular weight is 386 g/mol. The number of piperidine rings is 1. The summed E-state index contributed by atoms with van der Waals surface area (Å²) in [5.74, 6) is 0.499. The van der Waals surface area contributed by atoms with Gasteiger partial charge in [0.15, 0.2) is 0 Å². The molecule has 1 aromatic carbocycles. The van der Waals surface area contributed by atoms with Gasteiger partial charge >= 0.3 is 0 Å². The lowest BCUT2D eigenvalue weighted by Crippen LogP contribution is -2.39. The quantitative estimate of drug-likeness (QED) is 0.798. The summed E-state index contributed by atoms with van der Waals surface area (Å²) in [7, 11) is 0. The van der Waals surface area contributed by atoms with E-state index in [0.717, 1.165) is 43.5 Å². The third kappa shape index (κ3) is 5.30. The van der Waals surface area contributed by atoms with Crippen molar-refractivity contribution in [3.05, 3.63) is 64.4 Å². The zero-order valence-electron chi connectivity index (χ0n) is 15.5. The monoisotopic (exact) mass is 385 g/mol. The first-order chi connectivity index (χ1) is 13.0. The zero-order chi connectivity index (χ0) is 19.2. The lowest BCUT2D eigenvalue weighted by Gasteiger charge is -2.32. The van der Waals surface area contributed by atoms with Crippen LogP contribution in [-0.2, 0) is 0 Å². The molecule has 0 saturated carbocycles. The molecule has 0 unspecified atom stereocenters. The summed E-state index contributed by atoms with van der Waals surface area (Å²) < 4.78 is 0. The second-order valence-corrected chi connectivity index (χ2v) is 7.40. The van der Waals surface area contributed by atoms with Crippen molar-refractivity contribution in [1.82, 2.24) is 15.2 Å². The number of aromatic nitrogens is 1. The van der Waals surface area contributed by atoms with Crippen molar-refractivity contribution in [2.24, 2.45) is 5.92 Å². The summed E-state index contributed by atoms with van der Waals surface area (Å²) in [6.45, 7) is 4.18. The van der Waals surface area contributed by atoms with E-state index in [1.807, 2.05) is 36.1 Å². The number of nitrogens with zero attached hydrogens (tertiary/aromatic N) is 2. The minimum atomic E-state index is -0.133. The van der Waals surface area contributed by atoms with Crippen LogP contribution in [0.15, 0.2) is 42.6 Å². The fraction of sp³-hybridized carbons (Fsp3) is 0.381. The number of nitrogens with one attached hydrogen (secondary N) is 1. The van der Waals surface area contributed by atoms with Gasteiger partial charge in [0.05, 0.1) is 5.56 Å². The number of hydrogen-bond acceptors (Lipinski definition) is 3. The number of hydrogen-bond donors (Lipinski definition) is 1. The minimum absolute atomic E-state index is 0.108. The van der Waals surface area contributed by atoms with Crippen molar-refractivity contribution in [3.8, 4) is 0 Å². The molecule has 0 aliphatic carbocycles. The highest BCUT2D eigenvalue weighted by molar-refractivity contribution is 6.29. The number of rotatable bonds is 5. The first-order valence-electron chi connectivity index (χ1n) is 9.28. The van der Waals surface area contributed by atoms with Gasteiger partial charge in [0.25, 0.3) is 11.8 Å². The number of aryl methyl sites for hydroxylation is 1. The normalized spacial score (nSPS) is 14.8. The van der Waals surface area contributed by atoms with Gasteiger partial charge in [0.1, 0.15) is 5.15 Å². The maximum atomic E-state index is 12.6. The van der Waals surface area contributed by atoms with Gasteiger partial charge in [-0.25, -0.2) is 4.98 Å². The van der Waals surface area contributed by atoms with E-state index in [9.17, 15) is 9.59 Å². The van der Waals surface area contributed by atoms with Crippen LogP contribution in [-0.4, -0.2) is 41.3 Å². The number of benzene rings is 1. The van der Waals surface area contributed by atoms with Crippen LogP contribution in [0.5, 0.6) is 0 Å². The Hall–Kier alpha value is -2.40. The molecule has 0 atom stereocenters. The van der Waals surface area contributed by atoms with Gasteiger partial charge in [0.2, 0.25) is 0 Å². The molecule has 2 heterocycles. The van der Waals surface area contributed by atoms with Crippen molar-refractivity contribution in [1.29, 1.82) is 0 Å². The molecule has 1 aromatic heterocycles. The van der Waals surface area contributed by atoms with Crippen LogP contribution in [0, 0.1) is 12.8 Å². The highest BCUT2D eigenvalue weighted by Crippen LogP contribution is 2.21. The number of carbonyl (C=O) groups excluding carboxylic acids is 2. The number of likely N-dealkylation sites (tertiary alicyclic amines) is 1. The predicted octanol–water partition coefficient (Wildman–Crippen LogP) is 3.72. The average Bonchev–Trinajstić information content (AvgIpc) is 2.69. The fourth-order valence-electron chi connectivity index (χ4n) is 3.31. The standard InChI is InChI=1S/C21H24ClN3O2/c1-15-2-4-17(5-3-15)21(27)25-12-9-16(10-13-25)8-11-23-20(26)18-6-7-19(22)24-14-18/h2-7,14,16H,8-13H2,1H3,(H,23,26). The highest BCUT2D eigenvalue weighted by Gasteiger charge is 2.23. The first kappa shape index (κ1) is 19.4. The van der Waals surface area contributed by atoms with E-state index in [4.69, 9.17) is 11.6 Å². The lowest BCUT2D eigenvalue weighted by molar-refractivity contribution is 0.0687. The van der Waals surface area contributed by atoms with Gasteiger partial charge in [-0.1, -0.05) is 29.3 Å². The molecular formula is C21H24ClN3O2. The summed E-state index contributed by atoms with van der Waals surface area (Å²) in [6, 6.07) is 11.0. The maximum Gasteiger partial charge on any atom is 0.253 e. The molecule has 2 aromatic rings. The molecule has 27 heavy (non-hydrogen) atoms. The van der Waals surface area contributed by atoms with Crippen LogP contribution in [0.4, 0.5) is 0 Å². The summed E-state index contributed by atoms with van der Waals surface area (Å²) >= 11 is 5.73. The molecular weight excluding hydrogens is 362 g/mol. The molecule has 1 aliphatic heterocycles. The molecule has 6 heteroatoms. The summed E-state index contributed by atoms with van der Waals surface area (Å²) in [6.07, 6.45) is 4.33. The van der Waals surface area contributed by atoms with E-state index < -0.39 is 0 Å². The van der Waals surface area contributed by atoms with Gasteiger partial charge in [-0.3, -0.25) is 9.59 Å². The van der Waals surface area contributed by atoms with E-state index in [1.165, 1.54) is 6.20 Å². The highest BCUT2D eigenvalue weighted by atomic mass is 35.5. The van der Waals surface area contributed by atoms with E-state index in [0.29, 0.717) is 23.2 Å². The van der Waals surface area contributed by atoms with E-state index in [1.54, 1.807) is 12.1 Å². The van der Waals surface area contributed by atoms with Crippen molar-refractivity contribution < 1.29 is 9.59 Å². The Kier molecular flexibility index (Phi) is 6.45. The molecule has 0 bridgehead atoms. The molecule has 1 N–H and O–H groups in total. The van der Waals surface area contributed by atoms with Crippen LogP contribution in [0.2, 0.25) is 5.15 Å². The van der Waals surface area contributed by atoms with Crippen LogP contribution < -0.4 is 5.32 Å². The van der Waals surface area contributed by atoms with Crippen LogP contribution in [0.1, 0.15) is 45.5 Å². The second-order valence-electron chi connectivity index (χ2n) is 7.02. The van der Waals surface area contributed by atoms with Crippen molar-refractivity contribution >= 4 is 23.4 Å². The zero-order valence-corrected chi connectivity index (χ0v) is 16.2. The fourth-order valence-corrected chi connectivity index (χ4v) is 3.42. The Bertz CT molecular complexity index is 779. The summed E-state index contributed by atoms with van der Waals surface area (Å²) in [4.78, 5) is 30.5. The van der Waals surface area contributed by atoms with E-state index in [-0.39, 0.29) is 11.8 Å². The van der Waals surface area contributed by atoms with Gasteiger partial charge in [-0.15, -0.1) is 0 Å². The van der Waals surface area contributed by atoms with Gasteiger partial charge in [0, 0.05) is 31.4 Å². The van der Waals surface area contributed by atoms with Gasteiger partial charge < -0.3 is 10.2 Å². The summed E-state index contributed by atoms with van der Waals surface area (Å²) in [5, 5.41) is 3.30. The largest absolute Gasteiger partial charge is 0.352 e. The number of pyridine rings is 1. The molecule has 2 amide bonds. The lowest BCUT2D eigenvalue weighted by atomic mass is 9.93. The topological polar surface area (TPSA) is 62.3 Å². The van der Waals surface area contributed by atoms with E-state index in [2.05, 4.69) is 10.3 Å². The van der Waals surface area contributed by atoms with Crippen molar-refractivity contribution in [3.63, 3.8) is 0 Å². The molecule has 5 nitrogen and oxygen atoms in total. The van der Waals surface area contributed by atoms with Gasteiger partial charge in [-0.05, 0) is 56.4 Å². The third-order valence-corrected chi connectivity index (χ3v) is 5.25. The Morgan fingerprint density at radius 3 is 2.41 bits per heavy atom. The predicted molar refractivity (Wildman–Crippen MR) is 106 cm³/mol. The Balaban J connectivity index is 1.40. The molecule has 1 saturated heterocycles. The van der Waals surface area contributed by atoms with Gasteiger partial charge in [-0.2, -0.15) is 0 Å². The second kappa shape index (κ2) is 9.00. The Morgan fingerprint density at radius 2 is 1.78 bits per heavy atom. The summed E-state index contributed by atoms with van der Waals surface area (Å²) in [5.41, 5.74) is 2.42. The minimum Gasteiger partial charge on any atom is -0.352 e. The Labute approximate surface area is 164 Å². The first-order valence-corrected chi connectivity index (χ1v) is 9.66. The SMILES string of the molecule is Cc1ccc(C(=O)N2CCC(CCNC(=O)c3ccc(Cl)nc3)CC2)cc1. The van der Waals surface area contributed by atoms with Crippen LogP contribution >= 0.6 is 11.6 Å². The smallest absolute Gasteiger partial charge is 0.253 e. The maximum absolute atomic E-state index is 12.6. The molecule has 0 radical (unpaired) electrons. The number of carbonyl (C=O) groups is 2. The molecule has 0 spiro atoms. The molecule has 3 rings (SSSR count). The van der Waals surface area contributed by atoms with Crippen LogP contribution in [0.3, 0.4) is 0 Å². The third-order valence-electron chi connectivity index (χ3n) is 5.03. The van der Waals surface area contributed by atoms with Crippen LogP contribution in [0.25, 0.3) is 0 Å². The molecule has 142 valence electrons. The van der Waals surface area contributed by atoms with Crippen molar-refractivity contribution in [2.75, 3.05) is 19.6 Å². The van der Waals surface area contributed by atoms with Crippen molar-refractivity contribution in [2.45, 2.75) is 26.2 Å². The number of halogens is 1.